The Kier molecular flexibility index (Phi) is 15.1. The van der Waals surface area contributed by atoms with E-state index in [1.165, 1.54) is 0 Å². The van der Waals surface area contributed by atoms with Crippen molar-refractivity contribution >= 4 is 0 Å². The van der Waals surface area contributed by atoms with Crippen molar-refractivity contribution < 1.29 is 21.7 Å². The largest absolute Gasteiger partial charge is 4.00 e. The van der Waals surface area contributed by atoms with Crippen molar-refractivity contribution in [2.24, 2.45) is 0 Å². The molecule has 0 radical (unpaired) electrons. The van der Waals surface area contributed by atoms with Crippen molar-refractivity contribution in [3.63, 3.8) is 0 Å². The summed E-state index contributed by atoms with van der Waals surface area (Å²) in [5.41, 5.74) is 3.22. The molecule has 0 aliphatic heterocycles. The van der Waals surface area contributed by atoms with Gasteiger partial charge >= 0.3 is 21.7 Å². The van der Waals surface area contributed by atoms with Gasteiger partial charge in [0.05, 0.1) is 0 Å². The molecule has 0 aromatic heterocycles. The monoisotopic (exact) mass is 336 g/mol. The van der Waals surface area contributed by atoms with E-state index in [1.54, 1.807) is 0 Å². The molecule has 0 fully saturated rings. The second-order valence-electron chi connectivity index (χ2n) is 4.46. The first-order valence-electron chi connectivity index (χ1n) is 6.79. The summed E-state index contributed by atoms with van der Waals surface area (Å²) in [6, 6.07) is 29.6. The predicted octanol–water partition coefficient (Wildman–Crippen LogP) is 6.05. The van der Waals surface area contributed by atoms with Crippen molar-refractivity contribution in [2.45, 2.75) is 0 Å². The molecule has 0 aliphatic carbocycles. The fourth-order valence-electron chi connectivity index (χ4n) is 1.43. The summed E-state index contributed by atoms with van der Waals surface area (Å²) in [7, 11) is 0. The summed E-state index contributed by atoms with van der Waals surface area (Å²) in [6.45, 7) is 11.2. The molecule has 23 heavy (non-hydrogen) atoms. The molecule has 0 amide bonds. The summed E-state index contributed by atoms with van der Waals surface area (Å²) in [5, 5.41) is 0. The third-order valence-electron chi connectivity index (χ3n) is 2.53. The Hall–Kier alpha value is -2.02. The zero-order valence-electron chi connectivity index (χ0n) is 13.8. The van der Waals surface area contributed by atoms with Gasteiger partial charge in [-0.2, -0.15) is 73.9 Å². The average Bonchev–Trinajstić information content (AvgIpc) is 2.51. The van der Waals surface area contributed by atoms with Gasteiger partial charge in [-0.3, -0.25) is 0 Å². The first-order valence-corrected chi connectivity index (χ1v) is 6.79. The van der Waals surface area contributed by atoms with E-state index in [2.05, 4.69) is 20.8 Å². The molecule has 0 bridgehead atoms. The van der Waals surface area contributed by atoms with E-state index in [-0.39, 0.29) is 29.1 Å². The van der Waals surface area contributed by atoms with Crippen molar-refractivity contribution in [3.8, 4) is 0 Å². The van der Waals surface area contributed by atoms with Gasteiger partial charge in [-0.05, 0) is 0 Å². The fraction of sp³-hybridized carbons (Fsp3) is 0. The van der Waals surface area contributed by atoms with E-state index in [1.807, 2.05) is 91.0 Å². The molecular formula is C22H24Ti. The molecule has 0 saturated carbocycles. The van der Waals surface area contributed by atoms with Gasteiger partial charge < -0.3 is 7.43 Å². The smallest absolute Gasteiger partial charge is 0.358 e. The topological polar surface area (TPSA) is 0 Å². The maximum Gasteiger partial charge on any atom is 4.00 e. The molecular weight excluding hydrogens is 312 g/mol. The van der Waals surface area contributed by atoms with Crippen LogP contribution in [-0.4, -0.2) is 0 Å². The molecule has 0 aliphatic rings. The third-order valence-corrected chi connectivity index (χ3v) is 2.53. The van der Waals surface area contributed by atoms with Gasteiger partial charge in [0.2, 0.25) is 0 Å². The second-order valence-corrected chi connectivity index (χ2v) is 4.46. The molecule has 3 rings (SSSR count). The molecule has 3 aromatic carbocycles. The van der Waals surface area contributed by atoms with E-state index in [0.29, 0.717) is 0 Å². The maximum absolute atomic E-state index is 3.72. The van der Waals surface area contributed by atoms with Crippen molar-refractivity contribution in [1.82, 2.24) is 0 Å². The molecule has 3 aromatic rings. The van der Waals surface area contributed by atoms with Gasteiger partial charge in [-0.25, -0.2) is 0 Å². The van der Waals surface area contributed by atoms with Crippen LogP contribution in [0.1, 0.15) is 16.7 Å². The van der Waals surface area contributed by atoms with E-state index in [0.717, 1.165) is 16.7 Å². The SMILES string of the molecule is [CH2-]c1ccccc1.[CH2-]c1ccccc1.[CH2-]c1ccccc1.[CH3-].[Ti+4]. The number of benzene rings is 3. The minimum absolute atomic E-state index is 0. The number of rotatable bonds is 0. The van der Waals surface area contributed by atoms with Gasteiger partial charge in [-0.1, -0.05) is 18.2 Å². The summed E-state index contributed by atoms with van der Waals surface area (Å²) in [5.74, 6) is 0. The number of hydrogen-bond acceptors (Lipinski definition) is 0. The Balaban J connectivity index is 0. The minimum atomic E-state index is 0. The van der Waals surface area contributed by atoms with E-state index in [9.17, 15) is 0 Å². The molecule has 0 saturated heterocycles. The van der Waals surface area contributed by atoms with Crippen molar-refractivity contribution in [2.75, 3.05) is 0 Å². The van der Waals surface area contributed by atoms with Crippen LogP contribution in [0, 0.1) is 28.2 Å². The van der Waals surface area contributed by atoms with Crippen LogP contribution in [-0.2, 0) is 21.7 Å². The van der Waals surface area contributed by atoms with Crippen molar-refractivity contribution in [1.29, 1.82) is 0 Å². The van der Waals surface area contributed by atoms with Crippen LogP contribution in [0.3, 0.4) is 0 Å². The Bertz CT molecular complexity index is 485. The normalized spacial score (nSPS) is 7.83. The minimum Gasteiger partial charge on any atom is -0.358 e. The quantitative estimate of drug-likeness (QED) is 0.346. The van der Waals surface area contributed by atoms with Crippen molar-refractivity contribution in [3.05, 3.63) is 136 Å². The Labute approximate surface area is 157 Å². The second kappa shape index (κ2) is 14.9. The fourth-order valence-corrected chi connectivity index (χ4v) is 1.43. The van der Waals surface area contributed by atoms with Crippen LogP contribution < -0.4 is 0 Å². The van der Waals surface area contributed by atoms with Crippen LogP contribution in [0.2, 0.25) is 0 Å². The van der Waals surface area contributed by atoms with Crippen LogP contribution in [0.5, 0.6) is 0 Å². The maximum atomic E-state index is 3.72. The zero-order valence-corrected chi connectivity index (χ0v) is 15.3. The third kappa shape index (κ3) is 13.4. The first kappa shape index (κ1) is 23.3. The van der Waals surface area contributed by atoms with E-state index in [4.69, 9.17) is 0 Å². The Morgan fingerprint density at radius 3 is 0.652 bits per heavy atom. The summed E-state index contributed by atoms with van der Waals surface area (Å²) >= 11 is 0. The van der Waals surface area contributed by atoms with E-state index < -0.39 is 0 Å². The van der Waals surface area contributed by atoms with Crippen LogP contribution in [0.15, 0.2) is 91.0 Å². The molecule has 0 nitrogen and oxygen atoms in total. The van der Waals surface area contributed by atoms with Gasteiger partial charge in [0.1, 0.15) is 0 Å². The molecule has 116 valence electrons. The van der Waals surface area contributed by atoms with Crippen LogP contribution in [0.4, 0.5) is 0 Å². The Morgan fingerprint density at radius 1 is 0.391 bits per heavy atom. The molecule has 0 spiro atoms. The molecule has 0 unspecified atom stereocenters. The number of hydrogen-bond donors (Lipinski definition) is 0. The Morgan fingerprint density at radius 2 is 0.565 bits per heavy atom. The van der Waals surface area contributed by atoms with E-state index >= 15 is 0 Å². The van der Waals surface area contributed by atoms with Crippen LogP contribution >= 0.6 is 0 Å². The van der Waals surface area contributed by atoms with Gasteiger partial charge in [0.25, 0.3) is 0 Å². The first-order chi connectivity index (χ1) is 10.2. The van der Waals surface area contributed by atoms with Gasteiger partial charge in [0.15, 0.2) is 0 Å². The van der Waals surface area contributed by atoms with Crippen LogP contribution in [0.25, 0.3) is 0 Å². The average molecular weight is 336 g/mol. The molecule has 0 N–H and O–H groups in total. The molecule has 1 heteroatoms. The van der Waals surface area contributed by atoms with Gasteiger partial charge in [0, 0.05) is 0 Å². The standard InChI is InChI=1S/3C7H7.CH3.Ti/c3*1-7-5-3-2-4-6-7;;/h3*2-6H,1H2;1H3;/q4*-1;+4. The predicted molar refractivity (Wildman–Crippen MR) is 99.1 cm³/mol. The zero-order chi connectivity index (χ0) is 15.3. The van der Waals surface area contributed by atoms with Gasteiger partial charge in [-0.15, -0.1) is 36.4 Å². The summed E-state index contributed by atoms with van der Waals surface area (Å²) in [6.07, 6.45) is 0. The summed E-state index contributed by atoms with van der Waals surface area (Å²) in [4.78, 5) is 0. The molecule has 0 heterocycles. The summed E-state index contributed by atoms with van der Waals surface area (Å²) < 4.78 is 0. The molecule has 0 atom stereocenters.